The Labute approximate surface area is 169 Å². The summed E-state index contributed by atoms with van der Waals surface area (Å²) in [4.78, 5) is 42.5. The molecule has 28 heavy (non-hydrogen) atoms. The molecule has 2 rings (SSSR count). The molecular formula is C20H26N4O3S. The highest BCUT2D eigenvalue weighted by Crippen LogP contribution is 2.12. The van der Waals surface area contributed by atoms with Gasteiger partial charge in [-0.2, -0.15) is 0 Å². The van der Waals surface area contributed by atoms with E-state index in [2.05, 4.69) is 15.6 Å². The van der Waals surface area contributed by atoms with E-state index in [4.69, 9.17) is 0 Å². The van der Waals surface area contributed by atoms with Crippen molar-refractivity contribution in [3.8, 4) is 0 Å². The molecule has 2 N–H and O–H groups in total. The van der Waals surface area contributed by atoms with Crippen molar-refractivity contribution in [2.45, 2.75) is 45.7 Å². The van der Waals surface area contributed by atoms with Crippen molar-refractivity contribution in [3.63, 3.8) is 0 Å². The molecule has 8 heteroatoms. The van der Waals surface area contributed by atoms with Crippen LogP contribution in [0.1, 0.15) is 39.2 Å². The predicted octanol–water partition coefficient (Wildman–Crippen LogP) is 2.81. The SMILES string of the molecule is CC(C)(C)NC(=O)CN(Cc1ccccc1)C(=O)CCC(=O)Nc1nccs1. The quantitative estimate of drug-likeness (QED) is 0.710. The molecule has 7 nitrogen and oxygen atoms in total. The Bertz CT molecular complexity index is 786. The molecule has 1 heterocycles. The fourth-order valence-electron chi connectivity index (χ4n) is 2.51. The first-order valence-electron chi connectivity index (χ1n) is 9.05. The van der Waals surface area contributed by atoms with Crippen molar-refractivity contribution in [1.82, 2.24) is 15.2 Å². The van der Waals surface area contributed by atoms with Gasteiger partial charge in [-0.3, -0.25) is 14.4 Å². The molecule has 0 unspecified atom stereocenters. The Balaban J connectivity index is 1.97. The number of amides is 3. The molecule has 0 saturated heterocycles. The molecule has 1 aromatic heterocycles. The Morgan fingerprint density at radius 1 is 1.07 bits per heavy atom. The van der Waals surface area contributed by atoms with Gasteiger partial charge in [-0.15, -0.1) is 11.3 Å². The standard InChI is InChI=1S/C20H26N4O3S/c1-20(2,3)23-17(26)14-24(13-15-7-5-4-6-8-15)18(27)10-9-16(25)22-19-21-11-12-28-19/h4-8,11-12H,9-10,13-14H2,1-3H3,(H,23,26)(H,21,22,25). The normalized spacial score (nSPS) is 11.0. The summed E-state index contributed by atoms with van der Waals surface area (Å²) in [7, 11) is 0. The highest BCUT2D eigenvalue weighted by atomic mass is 32.1. The van der Waals surface area contributed by atoms with Crippen LogP contribution in [0.2, 0.25) is 0 Å². The lowest BCUT2D eigenvalue weighted by Crippen LogP contribution is -2.47. The molecule has 0 spiro atoms. The Morgan fingerprint density at radius 3 is 2.39 bits per heavy atom. The Morgan fingerprint density at radius 2 is 1.79 bits per heavy atom. The van der Waals surface area contributed by atoms with Crippen molar-refractivity contribution < 1.29 is 14.4 Å². The van der Waals surface area contributed by atoms with Crippen molar-refractivity contribution >= 4 is 34.2 Å². The van der Waals surface area contributed by atoms with Crippen LogP contribution in [0.3, 0.4) is 0 Å². The second-order valence-electron chi connectivity index (χ2n) is 7.42. The number of carbonyl (C=O) groups is 3. The van der Waals surface area contributed by atoms with Crippen LogP contribution >= 0.6 is 11.3 Å². The van der Waals surface area contributed by atoms with E-state index in [0.717, 1.165) is 5.56 Å². The molecule has 0 radical (unpaired) electrons. The number of nitrogens with zero attached hydrogens (tertiary/aromatic N) is 2. The fraction of sp³-hybridized carbons (Fsp3) is 0.400. The van der Waals surface area contributed by atoms with Crippen LogP contribution in [-0.2, 0) is 20.9 Å². The zero-order valence-corrected chi connectivity index (χ0v) is 17.2. The fourth-order valence-corrected chi connectivity index (χ4v) is 3.06. The average Bonchev–Trinajstić information content (AvgIpc) is 3.11. The van der Waals surface area contributed by atoms with Gasteiger partial charge in [0.15, 0.2) is 5.13 Å². The van der Waals surface area contributed by atoms with Gasteiger partial charge in [0.1, 0.15) is 0 Å². The number of anilines is 1. The summed E-state index contributed by atoms with van der Waals surface area (Å²) in [6.07, 6.45) is 1.65. The Hall–Kier alpha value is -2.74. The largest absolute Gasteiger partial charge is 0.350 e. The lowest BCUT2D eigenvalue weighted by Gasteiger charge is -2.26. The molecular weight excluding hydrogens is 376 g/mol. The molecule has 0 bridgehead atoms. The molecule has 0 aliphatic rings. The number of aromatic nitrogens is 1. The summed E-state index contributed by atoms with van der Waals surface area (Å²) >= 11 is 1.32. The second kappa shape index (κ2) is 9.98. The van der Waals surface area contributed by atoms with Gasteiger partial charge >= 0.3 is 0 Å². The van der Waals surface area contributed by atoms with E-state index in [1.54, 1.807) is 11.6 Å². The van der Waals surface area contributed by atoms with Crippen molar-refractivity contribution in [2.24, 2.45) is 0 Å². The van der Waals surface area contributed by atoms with E-state index in [9.17, 15) is 14.4 Å². The highest BCUT2D eigenvalue weighted by molar-refractivity contribution is 7.13. The molecule has 0 atom stereocenters. The van der Waals surface area contributed by atoms with Gasteiger partial charge in [-0.25, -0.2) is 4.98 Å². The third-order valence-electron chi connectivity index (χ3n) is 3.66. The maximum atomic E-state index is 12.7. The second-order valence-corrected chi connectivity index (χ2v) is 8.31. The van der Waals surface area contributed by atoms with Crippen LogP contribution in [0, 0.1) is 0 Å². The minimum absolute atomic E-state index is 0.0207. The average molecular weight is 403 g/mol. The molecule has 0 saturated carbocycles. The van der Waals surface area contributed by atoms with Crippen LogP contribution in [0.5, 0.6) is 0 Å². The number of nitrogens with one attached hydrogen (secondary N) is 2. The third kappa shape index (κ3) is 7.87. The third-order valence-corrected chi connectivity index (χ3v) is 4.35. The van der Waals surface area contributed by atoms with Crippen molar-refractivity contribution in [2.75, 3.05) is 11.9 Å². The number of carbonyl (C=O) groups excluding carboxylic acids is 3. The molecule has 0 aliphatic heterocycles. The molecule has 1 aromatic carbocycles. The zero-order chi connectivity index (χ0) is 20.6. The van der Waals surface area contributed by atoms with Gasteiger partial charge < -0.3 is 15.5 Å². The lowest BCUT2D eigenvalue weighted by molar-refractivity contribution is -0.137. The van der Waals surface area contributed by atoms with Gasteiger partial charge in [0.25, 0.3) is 0 Å². The minimum Gasteiger partial charge on any atom is -0.350 e. The summed E-state index contributed by atoms with van der Waals surface area (Å²) < 4.78 is 0. The first-order chi connectivity index (χ1) is 13.2. The number of rotatable bonds is 8. The first kappa shape index (κ1) is 21.6. The van der Waals surface area contributed by atoms with Crippen molar-refractivity contribution in [3.05, 3.63) is 47.5 Å². The molecule has 150 valence electrons. The van der Waals surface area contributed by atoms with Crippen LogP contribution in [0.25, 0.3) is 0 Å². The van der Waals surface area contributed by atoms with Crippen molar-refractivity contribution in [1.29, 1.82) is 0 Å². The van der Waals surface area contributed by atoms with Crippen LogP contribution in [0.15, 0.2) is 41.9 Å². The zero-order valence-electron chi connectivity index (χ0n) is 16.4. The monoisotopic (exact) mass is 402 g/mol. The van der Waals surface area contributed by atoms with E-state index in [0.29, 0.717) is 11.7 Å². The van der Waals surface area contributed by atoms with Gasteiger partial charge in [-0.1, -0.05) is 30.3 Å². The summed E-state index contributed by atoms with van der Waals surface area (Å²) in [5, 5.41) is 7.79. The molecule has 0 aliphatic carbocycles. The van der Waals surface area contributed by atoms with Gasteiger partial charge in [0.05, 0.1) is 6.54 Å². The summed E-state index contributed by atoms with van der Waals surface area (Å²) in [6, 6.07) is 9.46. The van der Waals surface area contributed by atoms with E-state index in [1.807, 2.05) is 51.1 Å². The summed E-state index contributed by atoms with van der Waals surface area (Å²) in [5.74, 6) is -0.756. The van der Waals surface area contributed by atoms with E-state index < -0.39 is 0 Å². The number of benzene rings is 1. The topological polar surface area (TPSA) is 91.4 Å². The number of hydrogen-bond acceptors (Lipinski definition) is 5. The number of hydrogen-bond donors (Lipinski definition) is 2. The highest BCUT2D eigenvalue weighted by Gasteiger charge is 2.21. The number of thiazole rings is 1. The van der Waals surface area contributed by atoms with Gasteiger partial charge in [-0.05, 0) is 26.3 Å². The molecule has 2 aromatic rings. The van der Waals surface area contributed by atoms with Crippen LogP contribution in [0.4, 0.5) is 5.13 Å². The Kier molecular flexibility index (Phi) is 7.69. The smallest absolute Gasteiger partial charge is 0.240 e. The van der Waals surface area contributed by atoms with Gasteiger partial charge in [0, 0.05) is 36.5 Å². The minimum atomic E-state index is -0.383. The van der Waals surface area contributed by atoms with E-state index >= 15 is 0 Å². The van der Waals surface area contributed by atoms with E-state index in [-0.39, 0.29) is 42.6 Å². The predicted molar refractivity (Wildman–Crippen MR) is 110 cm³/mol. The summed E-state index contributed by atoms with van der Waals surface area (Å²) in [6.45, 7) is 5.91. The van der Waals surface area contributed by atoms with Crippen LogP contribution in [-0.4, -0.2) is 39.7 Å². The first-order valence-corrected chi connectivity index (χ1v) is 9.93. The maximum Gasteiger partial charge on any atom is 0.240 e. The molecule has 0 fully saturated rings. The van der Waals surface area contributed by atoms with E-state index in [1.165, 1.54) is 16.2 Å². The molecule has 3 amide bonds. The van der Waals surface area contributed by atoms with Gasteiger partial charge in [0.2, 0.25) is 17.7 Å². The van der Waals surface area contributed by atoms with Crippen LogP contribution < -0.4 is 10.6 Å². The summed E-state index contributed by atoms with van der Waals surface area (Å²) in [5.41, 5.74) is 0.540. The lowest BCUT2D eigenvalue weighted by atomic mass is 10.1. The maximum absolute atomic E-state index is 12.7.